The summed E-state index contributed by atoms with van der Waals surface area (Å²) in [6.45, 7) is 4.41. The van der Waals surface area contributed by atoms with E-state index in [0.29, 0.717) is 12.5 Å². The van der Waals surface area contributed by atoms with Crippen LogP contribution in [0.2, 0.25) is 0 Å². The van der Waals surface area contributed by atoms with Crippen LogP contribution in [0.25, 0.3) is 0 Å². The van der Waals surface area contributed by atoms with E-state index in [0.717, 1.165) is 17.8 Å². The molecule has 4 amide bonds. The van der Waals surface area contributed by atoms with Crippen LogP contribution in [-0.2, 0) is 16.1 Å². The number of nitrogens with zero attached hydrogens (tertiary/aromatic N) is 2. The van der Waals surface area contributed by atoms with Crippen molar-refractivity contribution in [1.82, 2.24) is 15.1 Å². The summed E-state index contributed by atoms with van der Waals surface area (Å²) in [5.41, 5.74) is 1.07. The highest BCUT2D eigenvalue weighted by atomic mass is 16.2. The molecule has 1 saturated heterocycles. The number of hydrogen-bond donors (Lipinski definition) is 2. The summed E-state index contributed by atoms with van der Waals surface area (Å²) in [7, 11) is 2.16. The van der Waals surface area contributed by atoms with Gasteiger partial charge in [-0.15, -0.1) is 0 Å². The van der Waals surface area contributed by atoms with E-state index in [4.69, 9.17) is 0 Å². The molecule has 2 fully saturated rings. The molecular weight excluding hydrogens is 380 g/mol. The molecule has 0 unspecified atom stereocenters. The monoisotopic (exact) mass is 414 g/mol. The summed E-state index contributed by atoms with van der Waals surface area (Å²) in [5, 5.41) is 5.67. The van der Waals surface area contributed by atoms with Crippen LogP contribution in [-0.4, -0.2) is 52.8 Å². The van der Waals surface area contributed by atoms with Crippen molar-refractivity contribution in [2.45, 2.75) is 76.9 Å². The Hall–Kier alpha value is -2.41. The van der Waals surface area contributed by atoms with Gasteiger partial charge in [-0.1, -0.05) is 37.5 Å². The average molecular weight is 415 g/mol. The van der Waals surface area contributed by atoms with E-state index < -0.39 is 5.54 Å². The largest absolute Gasteiger partial charge is 0.326 e. The average Bonchev–Trinajstić information content (AvgIpc) is 2.91. The zero-order valence-electron chi connectivity index (χ0n) is 18.4. The molecule has 1 aromatic carbocycles. The number of urea groups is 1. The lowest BCUT2D eigenvalue weighted by Crippen LogP contribution is -2.40. The van der Waals surface area contributed by atoms with Gasteiger partial charge in [0, 0.05) is 31.2 Å². The van der Waals surface area contributed by atoms with Crippen molar-refractivity contribution in [2.75, 3.05) is 18.9 Å². The number of benzene rings is 1. The number of carbonyl (C=O) groups is 3. The molecular formula is C23H34N4O3. The van der Waals surface area contributed by atoms with Gasteiger partial charge in [0.15, 0.2) is 0 Å². The molecule has 1 saturated carbocycles. The molecule has 0 radical (unpaired) electrons. The highest BCUT2D eigenvalue weighted by Crippen LogP contribution is 2.25. The molecule has 30 heavy (non-hydrogen) atoms. The maximum atomic E-state index is 12.5. The second-order valence-electron chi connectivity index (χ2n) is 9.03. The molecule has 0 aromatic heterocycles. The first-order chi connectivity index (χ1) is 14.3. The molecule has 1 aliphatic carbocycles. The van der Waals surface area contributed by atoms with Crippen LogP contribution < -0.4 is 10.6 Å². The van der Waals surface area contributed by atoms with Gasteiger partial charge in [-0.3, -0.25) is 19.4 Å². The summed E-state index contributed by atoms with van der Waals surface area (Å²) >= 11 is 0. The molecule has 7 nitrogen and oxygen atoms in total. The van der Waals surface area contributed by atoms with Crippen LogP contribution in [0.5, 0.6) is 0 Å². The highest BCUT2D eigenvalue weighted by molar-refractivity contribution is 6.06. The maximum absolute atomic E-state index is 12.5. The fourth-order valence-corrected chi connectivity index (χ4v) is 4.33. The minimum atomic E-state index is -0.872. The summed E-state index contributed by atoms with van der Waals surface area (Å²) in [6, 6.07) is 8.14. The second-order valence-corrected chi connectivity index (χ2v) is 9.03. The molecule has 2 N–H and O–H groups in total. The molecule has 2 aliphatic rings. The van der Waals surface area contributed by atoms with Gasteiger partial charge in [0.25, 0.3) is 5.91 Å². The SMILES string of the molecule is CN(Cc1ccccc1NC(=O)CCCN1C(=O)NC(C)(C)C1=O)C1CCCCC1. The predicted molar refractivity (Wildman–Crippen MR) is 117 cm³/mol. The van der Waals surface area contributed by atoms with Crippen LogP contribution in [0.3, 0.4) is 0 Å². The summed E-state index contributed by atoms with van der Waals surface area (Å²) in [5.74, 6) is -0.349. The third-order valence-corrected chi connectivity index (χ3v) is 6.14. The summed E-state index contributed by atoms with van der Waals surface area (Å²) < 4.78 is 0. The Kier molecular flexibility index (Phi) is 7.13. The zero-order valence-corrected chi connectivity index (χ0v) is 18.4. The number of imide groups is 1. The highest BCUT2D eigenvalue weighted by Gasteiger charge is 2.43. The number of para-hydroxylation sites is 1. The third kappa shape index (κ3) is 5.39. The van der Waals surface area contributed by atoms with Crippen molar-refractivity contribution in [1.29, 1.82) is 0 Å². The Morgan fingerprint density at radius 1 is 1.20 bits per heavy atom. The first-order valence-electron chi connectivity index (χ1n) is 11.0. The zero-order chi connectivity index (χ0) is 21.7. The summed E-state index contributed by atoms with van der Waals surface area (Å²) in [4.78, 5) is 40.2. The van der Waals surface area contributed by atoms with E-state index in [1.807, 2.05) is 18.2 Å². The molecule has 0 bridgehead atoms. The lowest BCUT2D eigenvalue weighted by atomic mass is 9.94. The van der Waals surface area contributed by atoms with Gasteiger partial charge in [-0.05, 0) is 51.8 Å². The summed E-state index contributed by atoms with van der Waals surface area (Å²) in [6.07, 6.45) is 7.09. The van der Waals surface area contributed by atoms with Gasteiger partial charge < -0.3 is 10.6 Å². The first-order valence-corrected chi connectivity index (χ1v) is 11.0. The van der Waals surface area contributed by atoms with Crippen molar-refractivity contribution in [3.05, 3.63) is 29.8 Å². The van der Waals surface area contributed by atoms with Gasteiger partial charge in [-0.25, -0.2) is 4.79 Å². The van der Waals surface area contributed by atoms with Crippen LogP contribution in [0.15, 0.2) is 24.3 Å². The second kappa shape index (κ2) is 9.60. The van der Waals surface area contributed by atoms with E-state index >= 15 is 0 Å². The van der Waals surface area contributed by atoms with E-state index in [9.17, 15) is 14.4 Å². The Morgan fingerprint density at radius 3 is 2.57 bits per heavy atom. The molecule has 3 rings (SSSR count). The van der Waals surface area contributed by atoms with Crippen LogP contribution in [0.1, 0.15) is 64.4 Å². The molecule has 1 aromatic rings. The van der Waals surface area contributed by atoms with Crippen LogP contribution in [0, 0.1) is 0 Å². The van der Waals surface area contributed by atoms with Gasteiger partial charge in [0.2, 0.25) is 5.91 Å². The normalized spacial score (nSPS) is 19.3. The smallest absolute Gasteiger partial charge is 0.325 e. The number of nitrogens with one attached hydrogen (secondary N) is 2. The third-order valence-electron chi connectivity index (χ3n) is 6.14. The molecule has 1 aliphatic heterocycles. The predicted octanol–water partition coefficient (Wildman–Crippen LogP) is 3.50. The van der Waals surface area contributed by atoms with Gasteiger partial charge in [0.05, 0.1) is 0 Å². The van der Waals surface area contributed by atoms with Crippen molar-refractivity contribution in [3.8, 4) is 0 Å². The van der Waals surface area contributed by atoms with E-state index in [1.165, 1.54) is 37.0 Å². The van der Waals surface area contributed by atoms with Crippen LogP contribution >= 0.6 is 0 Å². The van der Waals surface area contributed by atoms with E-state index in [-0.39, 0.29) is 30.8 Å². The van der Waals surface area contributed by atoms with Crippen molar-refractivity contribution in [2.24, 2.45) is 0 Å². The number of anilines is 1. The Balaban J connectivity index is 1.50. The minimum absolute atomic E-state index is 0.103. The molecule has 0 atom stereocenters. The topological polar surface area (TPSA) is 81.8 Å². The Morgan fingerprint density at radius 2 is 1.90 bits per heavy atom. The Labute approximate surface area is 179 Å². The van der Waals surface area contributed by atoms with Crippen molar-refractivity contribution in [3.63, 3.8) is 0 Å². The lowest BCUT2D eigenvalue weighted by molar-refractivity contribution is -0.130. The number of carbonyl (C=O) groups excluding carboxylic acids is 3. The quantitative estimate of drug-likeness (QED) is 0.638. The first kappa shape index (κ1) is 22.3. The number of rotatable bonds is 8. The molecule has 1 heterocycles. The standard InChI is InChI=1S/C23H34N4O3/c1-23(2)21(29)27(22(30)25-23)15-9-14-20(28)24-19-13-8-7-10-17(19)16-26(3)18-11-5-4-6-12-18/h7-8,10,13,18H,4-6,9,11-12,14-16H2,1-3H3,(H,24,28)(H,25,30). The molecule has 164 valence electrons. The maximum Gasteiger partial charge on any atom is 0.325 e. The molecule has 0 spiro atoms. The Bertz CT molecular complexity index is 786. The van der Waals surface area contributed by atoms with E-state index in [2.05, 4.69) is 28.6 Å². The fourth-order valence-electron chi connectivity index (χ4n) is 4.33. The number of hydrogen-bond acceptors (Lipinski definition) is 4. The minimum Gasteiger partial charge on any atom is -0.326 e. The molecule has 7 heteroatoms. The van der Waals surface area contributed by atoms with Crippen molar-refractivity contribution >= 4 is 23.5 Å². The van der Waals surface area contributed by atoms with Gasteiger partial charge >= 0.3 is 6.03 Å². The van der Waals surface area contributed by atoms with Crippen LogP contribution in [0.4, 0.5) is 10.5 Å². The van der Waals surface area contributed by atoms with Gasteiger partial charge in [0.1, 0.15) is 5.54 Å². The lowest BCUT2D eigenvalue weighted by Gasteiger charge is -2.31. The fraction of sp³-hybridized carbons (Fsp3) is 0.609. The number of amides is 4. The van der Waals surface area contributed by atoms with Crippen molar-refractivity contribution < 1.29 is 14.4 Å². The van der Waals surface area contributed by atoms with E-state index in [1.54, 1.807) is 13.8 Å². The van der Waals surface area contributed by atoms with Gasteiger partial charge in [-0.2, -0.15) is 0 Å².